The van der Waals surface area contributed by atoms with Crippen LogP contribution in [0.5, 0.6) is 5.75 Å². The molecule has 0 atom stereocenters. The van der Waals surface area contributed by atoms with E-state index in [0.717, 1.165) is 12.1 Å². The minimum Gasteiger partial charge on any atom is -0.482 e. The number of para-hydroxylation sites is 1. The molecule has 2 aromatic rings. The van der Waals surface area contributed by atoms with Crippen LogP contribution in [0.3, 0.4) is 0 Å². The summed E-state index contributed by atoms with van der Waals surface area (Å²) in [5.74, 6) is -1.42. The molecule has 0 aliphatic carbocycles. The maximum Gasteiger partial charge on any atom is 0.272 e. The summed E-state index contributed by atoms with van der Waals surface area (Å²) in [5.41, 5.74) is 1.93. The van der Waals surface area contributed by atoms with Crippen LogP contribution in [0.1, 0.15) is 0 Å². The molecule has 0 saturated heterocycles. The Hall–Kier alpha value is -2.16. The third-order valence-electron chi connectivity index (χ3n) is 2.65. The second-order valence-electron chi connectivity index (χ2n) is 4.30. The van der Waals surface area contributed by atoms with Crippen molar-refractivity contribution in [3.63, 3.8) is 0 Å². The van der Waals surface area contributed by atoms with Crippen molar-refractivity contribution in [2.45, 2.75) is 4.90 Å². The van der Waals surface area contributed by atoms with Gasteiger partial charge in [0.1, 0.15) is 16.5 Å². The summed E-state index contributed by atoms with van der Waals surface area (Å²) in [6.07, 6.45) is 0. The summed E-state index contributed by atoms with van der Waals surface area (Å²) in [6.45, 7) is -0.469. The Balaban J connectivity index is 1.92. The van der Waals surface area contributed by atoms with E-state index in [-0.39, 0.29) is 5.75 Å². The van der Waals surface area contributed by atoms with Crippen molar-refractivity contribution in [1.82, 2.24) is 10.3 Å². The quantitative estimate of drug-likeness (QED) is 0.772. The highest BCUT2D eigenvalue weighted by Gasteiger charge is 2.19. The van der Waals surface area contributed by atoms with Crippen LogP contribution in [0.15, 0.2) is 53.4 Å². The van der Waals surface area contributed by atoms with Crippen molar-refractivity contribution in [3.05, 3.63) is 59.4 Å². The number of benzene rings is 2. The summed E-state index contributed by atoms with van der Waals surface area (Å²) in [4.78, 5) is 12.8. The Morgan fingerprint density at radius 3 is 2.48 bits per heavy atom. The van der Waals surface area contributed by atoms with Crippen LogP contribution < -0.4 is 15.0 Å². The summed E-state index contributed by atoms with van der Waals surface area (Å²) in [6, 6.07) is 11.3. The maximum absolute atomic E-state index is 13.5. The molecule has 0 aliphatic heterocycles. The van der Waals surface area contributed by atoms with E-state index in [1.54, 1.807) is 29.1 Å². The summed E-state index contributed by atoms with van der Waals surface area (Å²) in [7, 11) is -4.22. The van der Waals surface area contributed by atoms with Crippen molar-refractivity contribution >= 4 is 27.5 Å². The predicted molar refractivity (Wildman–Crippen MR) is 81.8 cm³/mol. The van der Waals surface area contributed by atoms with Gasteiger partial charge in [-0.05, 0) is 24.3 Å². The van der Waals surface area contributed by atoms with Gasteiger partial charge in [0.25, 0.3) is 15.9 Å². The number of halogens is 2. The lowest BCUT2D eigenvalue weighted by Crippen LogP contribution is -2.43. The fraction of sp³-hybridized carbons (Fsp3) is 0.0714. The lowest BCUT2D eigenvalue weighted by molar-refractivity contribution is -0.123. The first-order chi connectivity index (χ1) is 10.9. The third-order valence-corrected chi connectivity index (χ3v) is 4.24. The molecule has 2 aromatic carbocycles. The van der Waals surface area contributed by atoms with Gasteiger partial charge < -0.3 is 4.74 Å². The molecular weight excluding hydrogens is 347 g/mol. The van der Waals surface area contributed by atoms with E-state index >= 15 is 0 Å². The highest BCUT2D eigenvalue weighted by Crippen LogP contribution is 2.22. The molecular formula is C14H12ClFN2O4S. The first kappa shape index (κ1) is 17.2. The van der Waals surface area contributed by atoms with Crippen LogP contribution in [0.25, 0.3) is 0 Å². The second-order valence-corrected chi connectivity index (χ2v) is 6.36. The SMILES string of the molecule is O=C(COc1ccccc1Cl)NNS(=O)(=O)c1ccccc1F. The third kappa shape index (κ3) is 4.65. The standard InChI is InChI=1S/C14H12ClFN2O4S/c15-10-5-1-3-7-12(10)22-9-14(19)17-18-23(20,21)13-8-4-2-6-11(13)16/h1-8,18H,9H2,(H,17,19). The van der Waals surface area contributed by atoms with E-state index in [9.17, 15) is 17.6 Å². The highest BCUT2D eigenvalue weighted by atomic mass is 35.5. The molecule has 2 N–H and O–H groups in total. The van der Waals surface area contributed by atoms with Crippen molar-refractivity contribution in [1.29, 1.82) is 0 Å². The molecule has 0 saturated carbocycles. The average molecular weight is 359 g/mol. The number of rotatable bonds is 6. The average Bonchev–Trinajstić information content (AvgIpc) is 2.52. The van der Waals surface area contributed by atoms with Gasteiger partial charge in [0.2, 0.25) is 0 Å². The van der Waals surface area contributed by atoms with Crippen LogP contribution in [-0.4, -0.2) is 20.9 Å². The number of hydrazine groups is 1. The van der Waals surface area contributed by atoms with Gasteiger partial charge in [0.15, 0.2) is 6.61 Å². The van der Waals surface area contributed by atoms with Crippen LogP contribution in [0.2, 0.25) is 5.02 Å². The number of sulfonamides is 1. The van der Waals surface area contributed by atoms with E-state index in [2.05, 4.69) is 0 Å². The fourth-order valence-corrected chi connectivity index (χ4v) is 2.71. The molecule has 9 heteroatoms. The van der Waals surface area contributed by atoms with Gasteiger partial charge in [0, 0.05) is 0 Å². The number of ether oxygens (including phenoxy) is 1. The number of carbonyl (C=O) groups excluding carboxylic acids is 1. The minimum atomic E-state index is -4.22. The first-order valence-corrected chi connectivity index (χ1v) is 8.19. The Kier molecular flexibility index (Phi) is 5.54. The fourth-order valence-electron chi connectivity index (χ4n) is 1.58. The summed E-state index contributed by atoms with van der Waals surface area (Å²) < 4.78 is 42.3. The van der Waals surface area contributed by atoms with E-state index in [4.69, 9.17) is 16.3 Å². The van der Waals surface area contributed by atoms with E-state index in [1.807, 2.05) is 5.43 Å². The van der Waals surface area contributed by atoms with E-state index < -0.39 is 33.3 Å². The Morgan fingerprint density at radius 2 is 1.78 bits per heavy atom. The zero-order chi connectivity index (χ0) is 16.9. The number of hydrogen-bond acceptors (Lipinski definition) is 4. The molecule has 0 radical (unpaired) electrons. The molecule has 0 heterocycles. The topological polar surface area (TPSA) is 84.5 Å². The van der Waals surface area contributed by atoms with Gasteiger partial charge in [-0.2, -0.15) is 0 Å². The zero-order valence-corrected chi connectivity index (χ0v) is 13.2. The molecule has 0 aliphatic rings. The smallest absolute Gasteiger partial charge is 0.272 e. The molecule has 1 amide bonds. The van der Waals surface area contributed by atoms with Gasteiger partial charge >= 0.3 is 0 Å². The molecule has 0 fully saturated rings. The number of nitrogens with one attached hydrogen (secondary N) is 2. The maximum atomic E-state index is 13.5. The zero-order valence-electron chi connectivity index (χ0n) is 11.6. The van der Waals surface area contributed by atoms with Gasteiger partial charge in [-0.1, -0.05) is 35.9 Å². The molecule has 122 valence electrons. The van der Waals surface area contributed by atoms with E-state index in [0.29, 0.717) is 5.02 Å². The van der Waals surface area contributed by atoms with Gasteiger partial charge in [-0.15, -0.1) is 4.83 Å². The Bertz CT molecular complexity index is 814. The van der Waals surface area contributed by atoms with Gasteiger partial charge in [-0.3, -0.25) is 10.2 Å². The van der Waals surface area contributed by atoms with Crippen LogP contribution in [-0.2, 0) is 14.8 Å². The van der Waals surface area contributed by atoms with Crippen molar-refractivity contribution < 1.29 is 22.3 Å². The summed E-state index contributed by atoms with van der Waals surface area (Å²) >= 11 is 5.84. The molecule has 6 nitrogen and oxygen atoms in total. The van der Waals surface area contributed by atoms with Crippen LogP contribution >= 0.6 is 11.6 Å². The molecule has 0 bridgehead atoms. The highest BCUT2D eigenvalue weighted by molar-refractivity contribution is 7.89. The molecule has 23 heavy (non-hydrogen) atoms. The van der Waals surface area contributed by atoms with Crippen LogP contribution in [0.4, 0.5) is 4.39 Å². The monoisotopic (exact) mass is 358 g/mol. The molecule has 0 spiro atoms. The van der Waals surface area contributed by atoms with Gasteiger partial charge in [-0.25, -0.2) is 12.8 Å². The van der Waals surface area contributed by atoms with Crippen LogP contribution in [0, 0.1) is 5.82 Å². The van der Waals surface area contributed by atoms with E-state index in [1.165, 1.54) is 12.1 Å². The molecule has 0 aromatic heterocycles. The number of carbonyl (C=O) groups is 1. The normalized spacial score (nSPS) is 11.0. The van der Waals surface area contributed by atoms with Crippen molar-refractivity contribution in [2.75, 3.05) is 6.61 Å². The largest absolute Gasteiger partial charge is 0.482 e. The second kappa shape index (κ2) is 7.40. The van der Waals surface area contributed by atoms with Crippen molar-refractivity contribution in [2.24, 2.45) is 0 Å². The summed E-state index contributed by atoms with van der Waals surface area (Å²) in [5, 5.41) is 0.312. The number of amides is 1. The lowest BCUT2D eigenvalue weighted by Gasteiger charge is -2.10. The molecule has 0 unspecified atom stereocenters. The minimum absolute atomic E-state index is 0.279. The number of hydrogen-bond donors (Lipinski definition) is 2. The lowest BCUT2D eigenvalue weighted by atomic mass is 10.3. The predicted octanol–water partition coefficient (Wildman–Crippen LogP) is 1.87. The Labute approximate surface area is 137 Å². The first-order valence-electron chi connectivity index (χ1n) is 6.32. The molecule has 2 rings (SSSR count). The van der Waals surface area contributed by atoms with Gasteiger partial charge in [0.05, 0.1) is 5.02 Å². The Morgan fingerprint density at radius 1 is 1.13 bits per heavy atom. The van der Waals surface area contributed by atoms with Crippen molar-refractivity contribution in [3.8, 4) is 5.75 Å².